The van der Waals surface area contributed by atoms with E-state index in [2.05, 4.69) is 25.6 Å². The summed E-state index contributed by atoms with van der Waals surface area (Å²) in [7, 11) is 0. The van der Waals surface area contributed by atoms with Gasteiger partial charge < -0.3 is 4.74 Å². The van der Waals surface area contributed by atoms with Gasteiger partial charge in [0.25, 0.3) is 0 Å². The zero-order chi connectivity index (χ0) is 18.0. The summed E-state index contributed by atoms with van der Waals surface area (Å²) < 4.78 is 5.93. The lowest BCUT2D eigenvalue weighted by molar-refractivity contribution is -0.0173. The molecule has 1 saturated carbocycles. The number of hydrogen-bond donors (Lipinski definition) is 0. The molecule has 0 amide bonds. The van der Waals surface area contributed by atoms with Crippen LogP contribution in [-0.4, -0.2) is 12.1 Å². The van der Waals surface area contributed by atoms with E-state index in [0.29, 0.717) is 29.0 Å². The van der Waals surface area contributed by atoms with Crippen molar-refractivity contribution in [3.63, 3.8) is 0 Å². The standard InChI is InChI=1S/C22H25NO2/c1-14(2)20-10-5-15(3)11-21(20)25-22(24)18-7-6-17-13-19(23-4)9-8-16(17)12-18/h6-9,12-15,20-21H,5,10-11H2,1-3H3/t15-,20+,21-/m1/s1. The van der Waals surface area contributed by atoms with Crippen LogP contribution in [0.4, 0.5) is 5.69 Å². The number of benzene rings is 2. The third kappa shape index (κ3) is 3.85. The Balaban J connectivity index is 1.80. The summed E-state index contributed by atoms with van der Waals surface area (Å²) in [5.41, 5.74) is 1.20. The lowest BCUT2D eigenvalue weighted by atomic mass is 9.75. The second-order valence-corrected chi connectivity index (χ2v) is 7.63. The Hall–Kier alpha value is -2.34. The van der Waals surface area contributed by atoms with Gasteiger partial charge in [0.2, 0.25) is 0 Å². The van der Waals surface area contributed by atoms with Crippen LogP contribution in [0.1, 0.15) is 50.4 Å². The third-order valence-corrected chi connectivity index (χ3v) is 5.41. The summed E-state index contributed by atoms with van der Waals surface area (Å²) in [5.74, 6) is 1.34. The van der Waals surface area contributed by atoms with E-state index in [1.54, 1.807) is 12.1 Å². The maximum Gasteiger partial charge on any atom is 0.338 e. The molecule has 3 atom stereocenters. The number of rotatable bonds is 3. The Morgan fingerprint density at radius 1 is 1.16 bits per heavy atom. The number of ether oxygens (including phenoxy) is 1. The highest BCUT2D eigenvalue weighted by atomic mass is 16.5. The van der Waals surface area contributed by atoms with Crippen molar-refractivity contribution in [2.75, 3.05) is 0 Å². The zero-order valence-corrected chi connectivity index (χ0v) is 15.2. The van der Waals surface area contributed by atoms with E-state index in [-0.39, 0.29) is 12.1 Å². The van der Waals surface area contributed by atoms with E-state index in [0.717, 1.165) is 23.6 Å². The summed E-state index contributed by atoms with van der Waals surface area (Å²) in [4.78, 5) is 16.1. The smallest absolute Gasteiger partial charge is 0.338 e. The van der Waals surface area contributed by atoms with Gasteiger partial charge in [-0.15, -0.1) is 0 Å². The lowest BCUT2D eigenvalue weighted by Crippen LogP contribution is -2.35. The number of hydrogen-bond acceptors (Lipinski definition) is 2. The van der Waals surface area contributed by atoms with Crippen LogP contribution in [-0.2, 0) is 4.74 Å². The van der Waals surface area contributed by atoms with Crippen LogP contribution in [0.15, 0.2) is 36.4 Å². The van der Waals surface area contributed by atoms with Crippen molar-refractivity contribution in [2.24, 2.45) is 17.8 Å². The second-order valence-electron chi connectivity index (χ2n) is 7.63. The molecule has 0 heterocycles. The maximum atomic E-state index is 12.7. The average molecular weight is 335 g/mol. The molecule has 0 aliphatic heterocycles. The van der Waals surface area contributed by atoms with E-state index in [9.17, 15) is 4.79 Å². The van der Waals surface area contributed by atoms with E-state index in [1.165, 1.54) is 6.42 Å². The van der Waals surface area contributed by atoms with Gasteiger partial charge in [0.15, 0.2) is 5.69 Å². The molecule has 0 bridgehead atoms. The van der Waals surface area contributed by atoms with Crippen LogP contribution < -0.4 is 0 Å². The van der Waals surface area contributed by atoms with Gasteiger partial charge in [-0.2, -0.15) is 0 Å². The van der Waals surface area contributed by atoms with E-state index < -0.39 is 0 Å². The second kappa shape index (κ2) is 7.27. The minimum atomic E-state index is -0.235. The average Bonchev–Trinajstić information content (AvgIpc) is 2.60. The van der Waals surface area contributed by atoms with Crippen molar-refractivity contribution in [1.29, 1.82) is 0 Å². The van der Waals surface area contributed by atoms with Crippen molar-refractivity contribution in [3.05, 3.63) is 53.4 Å². The minimum Gasteiger partial charge on any atom is -0.458 e. The van der Waals surface area contributed by atoms with Crippen molar-refractivity contribution in [2.45, 2.75) is 46.1 Å². The molecule has 3 rings (SSSR count). The van der Waals surface area contributed by atoms with E-state index in [1.807, 2.05) is 24.3 Å². The first-order valence-corrected chi connectivity index (χ1v) is 9.10. The van der Waals surface area contributed by atoms with Crippen molar-refractivity contribution >= 4 is 22.4 Å². The lowest BCUT2D eigenvalue weighted by Gasteiger charge is -2.36. The molecule has 1 aliphatic rings. The quantitative estimate of drug-likeness (QED) is 0.508. The Labute approximate surface area is 149 Å². The molecule has 0 saturated heterocycles. The fraction of sp³-hybridized carbons (Fsp3) is 0.455. The highest BCUT2D eigenvalue weighted by molar-refractivity contribution is 5.96. The normalized spacial score (nSPS) is 23.4. The largest absolute Gasteiger partial charge is 0.458 e. The van der Waals surface area contributed by atoms with Gasteiger partial charge in [-0.3, -0.25) is 0 Å². The number of fused-ring (bicyclic) bond motifs is 1. The topological polar surface area (TPSA) is 30.7 Å². The molecule has 1 aliphatic carbocycles. The number of esters is 1. The monoisotopic (exact) mass is 335 g/mol. The molecule has 0 aromatic heterocycles. The first kappa shape index (κ1) is 17.5. The van der Waals surface area contributed by atoms with Crippen molar-refractivity contribution in [1.82, 2.24) is 0 Å². The zero-order valence-electron chi connectivity index (χ0n) is 15.2. The predicted octanol–water partition coefficient (Wildman–Crippen LogP) is 6.01. The maximum absolute atomic E-state index is 12.7. The fourth-order valence-electron chi connectivity index (χ4n) is 3.89. The molecule has 0 radical (unpaired) electrons. The molecule has 3 heteroatoms. The third-order valence-electron chi connectivity index (χ3n) is 5.41. The summed E-state index contributed by atoms with van der Waals surface area (Å²) in [6.45, 7) is 13.8. The molecule has 3 nitrogen and oxygen atoms in total. The number of nitrogens with zero attached hydrogens (tertiary/aromatic N) is 1. The van der Waals surface area contributed by atoms with Gasteiger partial charge in [-0.25, -0.2) is 9.64 Å². The molecular formula is C22H25NO2. The van der Waals surface area contributed by atoms with Crippen LogP contribution in [0.2, 0.25) is 0 Å². The minimum absolute atomic E-state index is 0.0106. The number of carbonyl (C=O) groups excluding carboxylic acids is 1. The fourth-order valence-corrected chi connectivity index (χ4v) is 3.89. The Morgan fingerprint density at radius 2 is 1.88 bits per heavy atom. The van der Waals surface area contributed by atoms with Gasteiger partial charge in [0, 0.05) is 0 Å². The first-order chi connectivity index (χ1) is 12.0. The molecule has 1 fully saturated rings. The summed E-state index contributed by atoms with van der Waals surface area (Å²) >= 11 is 0. The van der Waals surface area contributed by atoms with E-state index >= 15 is 0 Å². The SMILES string of the molecule is [C-]#[N+]c1ccc2cc(C(=O)O[C@@H]3C[C@H](C)CC[C@H]3C(C)C)ccc2c1. The molecule has 2 aromatic carbocycles. The van der Waals surface area contributed by atoms with Crippen LogP contribution >= 0.6 is 0 Å². The Morgan fingerprint density at radius 3 is 2.60 bits per heavy atom. The highest BCUT2D eigenvalue weighted by Gasteiger charge is 2.33. The summed E-state index contributed by atoms with van der Waals surface area (Å²) in [6.07, 6.45) is 3.32. The summed E-state index contributed by atoms with van der Waals surface area (Å²) in [5, 5.41) is 1.93. The van der Waals surface area contributed by atoms with Crippen molar-refractivity contribution in [3.8, 4) is 0 Å². The molecule has 0 N–H and O–H groups in total. The van der Waals surface area contributed by atoms with Crippen LogP contribution in [0.3, 0.4) is 0 Å². The van der Waals surface area contributed by atoms with Gasteiger partial charge >= 0.3 is 5.97 Å². The van der Waals surface area contributed by atoms with E-state index in [4.69, 9.17) is 11.3 Å². The predicted molar refractivity (Wildman–Crippen MR) is 101 cm³/mol. The van der Waals surface area contributed by atoms with Crippen LogP contribution in [0, 0.1) is 24.3 Å². The van der Waals surface area contributed by atoms with Crippen LogP contribution in [0.25, 0.3) is 15.6 Å². The first-order valence-electron chi connectivity index (χ1n) is 9.10. The van der Waals surface area contributed by atoms with Gasteiger partial charge in [0.05, 0.1) is 12.1 Å². The van der Waals surface area contributed by atoms with Crippen molar-refractivity contribution < 1.29 is 9.53 Å². The molecular weight excluding hydrogens is 310 g/mol. The van der Waals surface area contributed by atoms with Gasteiger partial charge in [-0.05, 0) is 59.6 Å². The molecule has 2 aromatic rings. The molecule has 0 unspecified atom stereocenters. The van der Waals surface area contributed by atoms with Gasteiger partial charge in [-0.1, -0.05) is 45.4 Å². The Bertz CT molecular complexity index is 818. The number of carbonyl (C=O) groups is 1. The van der Waals surface area contributed by atoms with Crippen LogP contribution in [0.5, 0.6) is 0 Å². The molecule has 25 heavy (non-hydrogen) atoms. The molecule has 0 spiro atoms. The van der Waals surface area contributed by atoms with Gasteiger partial charge in [0.1, 0.15) is 6.10 Å². The Kier molecular flexibility index (Phi) is 5.08. The molecule has 130 valence electrons. The highest BCUT2D eigenvalue weighted by Crippen LogP contribution is 2.35. The summed E-state index contributed by atoms with van der Waals surface area (Å²) in [6, 6.07) is 11.1.